The van der Waals surface area contributed by atoms with Gasteiger partial charge in [-0.05, 0) is 0 Å². The molecule has 3 heterocycles. The summed E-state index contributed by atoms with van der Waals surface area (Å²) in [7, 11) is 4.00. The molecule has 3 aromatic carbocycles. The van der Waals surface area contributed by atoms with Crippen molar-refractivity contribution in [2.24, 2.45) is 0 Å². The van der Waals surface area contributed by atoms with E-state index in [2.05, 4.69) is 78.6 Å². The number of fused-ring (bicyclic) bond motifs is 3. The van der Waals surface area contributed by atoms with Gasteiger partial charge in [0.05, 0.1) is 0 Å². The number of aromatic nitrogens is 2. The number of nitrogens with zero attached hydrogens (tertiary/aromatic N) is 3. The molecule has 4 nitrogen and oxygen atoms in total. The second-order valence-corrected chi connectivity index (χ2v) is 17.0. The van der Waals surface area contributed by atoms with Gasteiger partial charge in [-0.25, -0.2) is 0 Å². The van der Waals surface area contributed by atoms with Crippen molar-refractivity contribution in [1.29, 1.82) is 0 Å². The van der Waals surface area contributed by atoms with Gasteiger partial charge in [0.15, 0.2) is 0 Å². The van der Waals surface area contributed by atoms with Gasteiger partial charge in [0.25, 0.3) is 0 Å². The van der Waals surface area contributed by atoms with Crippen LogP contribution in [-0.2, 0) is 21.1 Å². The zero-order valence-electron chi connectivity index (χ0n) is 20.7. The molecule has 2 aromatic heterocycles. The van der Waals surface area contributed by atoms with Crippen LogP contribution in [0.3, 0.4) is 0 Å². The molecular weight excluding hydrogens is 834 g/mol. The Labute approximate surface area is 240 Å². The first kappa shape index (κ1) is 25.8. The standard InChI is InChI=1S/C25H18N2O.C6H6N.Bi.Pt/c1-27(2)23-15-16-26-25(18-23)28-24-10-6-9-22(17-24)21-13-11-20(12-14-21)19-7-4-3-5-8-19;1-6-2-4-7-5-3-6;;/h3-7,9-11,13,15-16,18H,1-2H3;2-4H,1H3;;/q-2;;;+2. The Kier molecular flexibility index (Phi) is 7.56. The van der Waals surface area contributed by atoms with Gasteiger partial charge in [0.2, 0.25) is 0 Å². The topological polar surface area (TPSA) is 38.2 Å². The van der Waals surface area contributed by atoms with E-state index in [0.717, 1.165) is 16.8 Å². The molecule has 5 aromatic rings. The number of aryl methyl sites for hydroxylation is 1. The van der Waals surface area contributed by atoms with Crippen LogP contribution in [0.25, 0.3) is 22.3 Å². The molecule has 184 valence electrons. The number of benzene rings is 3. The zero-order chi connectivity index (χ0) is 24.6. The number of ether oxygens (including phenoxy) is 1. The molecule has 0 amide bonds. The van der Waals surface area contributed by atoms with E-state index in [1.54, 1.807) is 6.20 Å². The predicted molar refractivity (Wildman–Crippen MR) is 147 cm³/mol. The number of rotatable bonds is 5. The van der Waals surface area contributed by atoms with Gasteiger partial charge in [0.1, 0.15) is 0 Å². The fraction of sp³-hybridized carbons (Fsp3) is 0.0968. The van der Waals surface area contributed by atoms with Crippen molar-refractivity contribution in [3.63, 3.8) is 0 Å². The predicted octanol–water partition coefficient (Wildman–Crippen LogP) is 4.40. The molecule has 1 aliphatic rings. The van der Waals surface area contributed by atoms with Crippen molar-refractivity contribution in [3.05, 3.63) is 109 Å². The maximum absolute atomic E-state index is 6.07. The van der Waals surface area contributed by atoms with Crippen LogP contribution in [0.15, 0.2) is 91.3 Å². The van der Waals surface area contributed by atoms with Crippen LogP contribution in [0.4, 0.5) is 5.69 Å². The van der Waals surface area contributed by atoms with Crippen molar-refractivity contribution in [2.45, 2.75) is 6.92 Å². The SMILES string of the molecule is Cc1ccn[c]([Bi]2[c]3[c-]c(-c4[c-]c(Oc5cc(N(C)C)ccn5)ccc4)ccc3-c3cccc[c]32)c1.[Pt+2]. The summed E-state index contributed by atoms with van der Waals surface area (Å²) in [5, 5.41) is 0. The molecule has 6 rings (SSSR count). The normalized spacial score (nSPS) is 11.9. The molecule has 1 aliphatic heterocycles. The number of hydrogen-bond donors (Lipinski definition) is 0. The van der Waals surface area contributed by atoms with E-state index in [1.807, 2.05) is 49.5 Å². The van der Waals surface area contributed by atoms with Gasteiger partial charge < -0.3 is 0 Å². The first-order valence-electron chi connectivity index (χ1n) is 11.8. The number of hydrogen-bond acceptors (Lipinski definition) is 4. The third-order valence-corrected chi connectivity index (χ3v) is 15.5. The fourth-order valence-corrected chi connectivity index (χ4v) is 14.4. The van der Waals surface area contributed by atoms with Crippen LogP contribution in [0.2, 0.25) is 0 Å². The summed E-state index contributed by atoms with van der Waals surface area (Å²) >= 11 is -2.55. The Morgan fingerprint density at radius 1 is 0.784 bits per heavy atom. The smallest absolute Gasteiger partial charge is 2.00 e. The van der Waals surface area contributed by atoms with E-state index in [9.17, 15) is 0 Å². The summed E-state index contributed by atoms with van der Waals surface area (Å²) in [5.74, 6) is 1.18. The Hall–Kier alpha value is -2.87. The first-order valence-corrected chi connectivity index (χ1v) is 17.0. The molecule has 0 bridgehead atoms. The van der Waals surface area contributed by atoms with Gasteiger partial charge in [0, 0.05) is 0 Å². The summed E-state index contributed by atoms with van der Waals surface area (Å²) in [6.07, 6.45) is 3.70. The van der Waals surface area contributed by atoms with E-state index in [-0.39, 0.29) is 21.1 Å². The number of anilines is 1. The van der Waals surface area contributed by atoms with Crippen LogP contribution in [0.1, 0.15) is 5.56 Å². The Bertz CT molecular complexity index is 1590. The average molecular weight is 859 g/mol. The van der Waals surface area contributed by atoms with Crippen molar-refractivity contribution >= 4 is 37.4 Å². The molecule has 37 heavy (non-hydrogen) atoms. The van der Waals surface area contributed by atoms with Crippen LogP contribution in [0.5, 0.6) is 11.6 Å². The summed E-state index contributed by atoms with van der Waals surface area (Å²) in [4.78, 5) is 11.2. The maximum Gasteiger partial charge on any atom is 2.00 e. The van der Waals surface area contributed by atoms with E-state index in [4.69, 9.17) is 9.72 Å². The summed E-state index contributed by atoms with van der Waals surface area (Å²) in [6, 6.07) is 34.6. The molecule has 0 saturated carbocycles. The second kappa shape index (κ2) is 10.9. The summed E-state index contributed by atoms with van der Waals surface area (Å²) in [6.45, 7) is 2.14. The Morgan fingerprint density at radius 2 is 1.59 bits per heavy atom. The van der Waals surface area contributed by atoms with Crippen molar-refractivity contribution in [1.82, 2.24) is 9.97 Å². The third kappa shape index (κ3) is 5.13. The van der Waals surface area contributed by atoms with Crippen molar-refractivity contribution in [2.75, 3.05) is 19.0 Å². The summed E-state index contributed by atoms with van der Waals surface area (Å²) in [5.41, 5.74) is 6.90. The molecule has 6 heteroatoms. The van der Waals surface area contributed by atoms with Gasteiger partial charge in [-0.15, -0.1) is 0 Å². The minimum atomic E-state index is -2.55. The van der Waals surface area contributed by atoms with Crippen LogP contribution in [-0.4, -0.2) is 45.8 Å². The molecule has 0 saturated heterocycles. The largest absolute Gasteiger partial charge is 2.00 e. The quantitative estimate of drug-likeness (QED) is 0.191. The molecule has 0 radical (unpaired) electrons. The molecule has 0 spiro atoms. The van der Waals surface area contributed by atoms with Gasteiger partial charge in [-0.3, -0.25) is 0 Å². The van der Waals surface area contributed by atoms with Crippen LogP contribution < -0.4 is 19.6 Å². The van der Waals surface area contributed by atoms with Crippen LogP contribution in [0, 0.1) is 19.1 Å². The van der Waals surface area contributed by atoms with E-state index in [0.29, 0.717) is 11.6 Å². The van der Waals surface area contributed by atoms with E-state index >= 15 is 0 Å². The van der Waals surface area contributed by atoms with E-state index in [1.165, 1.54) is 26.6 Å². The van der Waals surface area contributed by atoms with E-state index < -0.39 is 21.8 Å². The minimum Gasteiger partial charge on any atom is 2.00 e. The van der Waals surface area contributed by atoms with Gasteiger partial charge in [-0.1, -0.05) is 0 Å². The zero-order valence-corrected chi connectivity index (χ0v) is 26.4. The monoisotopic (exact) mass is 858 g/mol. The molecule has 0 N–H and O–H groups in total. The molecule has 0 unspecified atom stereocenters. The number of pyridine rings is 2. The minimum absolute atomic E-state index is 0. The Balaban J connectivity index is 0.00000280. The van der Waals surface area contributed by atoms with Gasteiger partial charge >= 0.3 is 242 Å². The fourth-order valence-electron chi connectivity index (χ4n) is 4.44. The molecular formula is C31H24BiN3OPt. The van der Waals surface area contributed by atoms with Crippen LogP contribution >= 0.6 is 0 Å². The molecule has 0 fully saturated rings. The van der Waals surface area contributed by atoms with Crippen molar-refractivity contribution in [3.8, 4) is 33.9 Å². The maximum atomic E-state index is 6.07. The van der Waals surface area contributed by atoms with Crippen molar-refractivity contribution < 1.29 is 25.8 Å². The second-order valence-electron chi connectivity index (χ2n) is 8.96. The summed E-state index contributed by atoms with van der Waals surface area (Å²) < 4.78 is 10.1. The average Bonchev–Trinajstić information content (AvgIpc) is 3.23. The van der Waals surface area contributed by atoms with Gasteiger partial charge in [-0.2, -0.15) is 0 Å². The third-order valence-electron chi connectivity index (χ3n) is 6.22. The molecule has 0 aliphatic carbocycles. The first-order chi connectivity index (χ1) is 17.6. The Morgan fingerprint density at radius 3 is 2.43 bits per heavy atom. The molecule has 0 atom stereocenters.